The quantitative estimate of drug-likeness (QED) is 0.685. The molecular weight excluding hydrogens is 368 g/mol. The smallest absolute Gasteiger partial charge is 0.410 e. The fraction of sp³-hybridized carbons (Fsp3) is 0.875. The van der Waals surface area contributed by atoms with Crippen molar-refractivity contribution in [2.45, 2.75) is 58.1 Å². The van der Waals surface area contributed by atoms with Gasteiger partial charge in [0, 0.05) is 48.7 Å². The van der Waals surface area contributed by atoms with Crippen LogP contribution in [0.15, 0.2) is 0 Å². The monoisotopic (exact) mass is 394 g/mol. The van der Waals surface area contributed by atoms with Crippen molar-refractivity contribution in [2.24, 2.45) is 5.92 Å². The van der Waals surface area contributed by atoms with Gasteiger partial charge in [-0.05, 0) is 40.0 Å². The Morgan fingerprint density at radius 2 is 1.96 bits per heavy atom. The first-order valence-electron chi connectivity index (χ1n) is 8.64. The molecular formula is C16H27ClN2O5S. The molecule has 0 aromatic heterocycles. The lowest BCUT2D eigenvalue weighted by molar-refractivity contribution is -0.129. The zero-order valence-corrected chi connectivity index (χ0v) is 16.6. The van der Waals surface area contributed by atoms with E-state index in [4.69, 9.17) is 15.4 Å². The maximum absolute atomic E-state index is 12.3. The van der Waals surface area contributed by atoms with E-state index in [0.717, 1.165) is 12.8 Å². The molecule has 0 N–H and O–H groups in total. The third-order valence-electron chi connectivity index (χ3n) is 4.46. The minimum Gasteiger partial charge on any atom is -0.444 e. The van der Waals surface area contributed by atoms with Gasteiger partial charge in [0.2, 0.25) is 15.0 Å². The van der Waals surface area contributed by atoms with Crippen molar-refractivity contribution in [2.75, 3.05) is 25.4 Å². The average molecular weight is 395 g/mol. The zero-order chi connectivity index (χ0) is 18.8. The highest BCUT2D eigenvalue weighted by molar-refractivity contribution is 8.13. The molecule has 0 radical (unpaired) electrons. The highest BCUT2D eigenvalue weighted by Crippen LogP contribution is 2.27. The molecule has 7 nitrogen and oxygen atoms in total. The summed E-state index contributed by atoms with van der Waals surface area (Å²) in [4.78, 5) is 27.9. The van der Waals surface area contributed by atoms with Gasteiger partial charge in [-0.15, -0.1) is 0 Å². The van der Waals surface area contributed by atoms with Crippen LogP contribution in [-0.2, 0) is 18.6 Å². The van der Waals surface area contributed by atoms with Crippen LogP contribution in [0.1, 0.15) is 46.5 Å². The van der Waals surface area contributed by atoms with Crippen molar-refractivity contribution in [1.82, 2.24) is 9.80 Å². The van der Waals surface area contributed by atoms with E-state index in [9.17, 15) is 18.0 Å². The van der Waals surface area contributed by atoms with Crippen molar-refractivity contribution < 1.29 is 22.7 Å². The van der Waals surface area contributed by atoms with E-state index in [0.29, 0.717) is 26.1 Å². The van der Waals surface area contributed by atoms with Crippen LogP contribution in [0.5, 0.6) is 0 Å². The number of nitrogens with zero attached hydrogens (tertiary/aromatic N) is 2. The van der Waals surface area contributed by atoms with Crippen LogP contribution in [0, 0.1) is 5.92 Å². The van der Waals surface area contributed by atoms with Crippen molar-refractivity contribution in [3.05, 3.63) is 0 Å². The van der Waals surface area contributed by atoms with Gasteiger partial charge in [-0.1, -0.05) is 0 Å². The molecule has 2 rings (SSSR count). The molecule has 2 fully saturated rings. The lowest BCUT2D eigenvalue weighted by Gasteiger charge is -2.28. The van der Waals surface area contributed by atoms with Crippen LogP contribution in [0.2, 0.25) is 0 Å². The number of likely N-dealkylation sites (tertiary alicyclic amines) is 2. The molecule has 9 heteroatoms. The lowest BCUT2D eigenvalue weighted by Crippen LogP contribution is -2.39. The number of amides is 2. The standard InChI is InChI=1S/C16H27ClN2O5S/c1-16(2,3)24-15(21)18-7-4-5-13(6-8-18)19-10-12(9-14(19)20)11-25(17,22)23/h12-13H,4-11H2,1-3H3. The summed E-state index contributed by atoms with van der Waals surface area (Å²) in [5, 5.41) is 0. The average Bonchev–Trinajstić information content (AvgIpc) is 2.65. The summed E-state index contributed by atoms with van der Waals surface area (Å²) in [5.74, 6) is -0.450. The van der Waals surface area contributed by atoms with Gasteiger partial charge in [0.25, 0.3) is 0 Å². The second-order valence-corrected chi connectivity index (χ2v) is 10.7. The molecule has 2 heterocycles. The van der Waals surface area contributed by atoms with Gasteiger partial charge in [0.1, 0.15) is 5.60 Å². The van der Waals surface area contributed by atoms with Gasteiger partial charge in [0.05, 0.1) is 5.75 Å². The van der Waals surface area contributed by atoms with E-state index in [-0.39, 0.29) is 36.1 Å². The minimum atomic E-state index is -3.61. The first-order chi connectivity index (χ1) is 11.4. The predicted molar refractivity (Wildman–Crippen MR) is 94.9 cm³/mol. The Morgan fingerprint density at radius 1 is 1.28 bits per heavy atom. The molecule has 2 aliphatic heterocycles. The summed E-state index contributed by atoms with van der Waals surface area (Å²) in [7, 11) is 1.71. The van der Waals surface area contributed by atoms with Crippen LogP contribution in [-0.4, -0.2) is 67.2 Å². The third kappa shape index (κ3) is 6.33. The Hall–Kier alpha value is -1.02. The second-order valence-electron chi connectivity index (χ2n) is 7.87. The van der Waals surface area contributed by atoms with Crippen molar-refractivity contribution in [3.8, 4) is 0 Å². The van der Waals surface area contributed by atoms with E-state index in [1.807, 2.05) is 20.8 Å². The van der Waals surface area contributed by atoms with E-state index < -0.39 is 14.7 Å². The molecule has 0 saturated carbocycles. The predicted octanol–water partition coefficient (Wildman–Crippen LogP) is 2.19. The molecule has 0 aliphatic carbocycles. The zero-order valence-electron chi connectivity index (χ0n) is 15.0. The Kier molecular flexibility index (Phi) is 6.25. The molecule has 0 spiro atoms. The molecule has 0 bridgehead atoms. The van der Waals surface area contributed by atoms with Gasteiger partial charge >= 0.3 is 6.09 Å². The Balaban J connectivity index is 1.92. The fourth-order valence-corrected chi connectivity index (χ4v) is 4.77. The van der Waals surface area contributed by atoms with Gasteiger partial charge in [-0.2, -0.15) is 0 Å². The second kappa shape index (κ2) is 7.70. The van der Waals surface area contributed by atoms with Crippen LogP contribution >= 0.6 is 10.7 Å². The molecule has 2 atom stereocenters. The third-order valence-corrected chi connectivity index (χ3v) is 5.71. The molecule has 2 amide bonds. The maximum atomic E-state index is 12.3. The number of hydrogen-bond acceptors (Lipinski definition) is 5. The lowest BCUT2D eigenvalue weighted by atomic mass is 10.1. The fourth-order valence-electron chi connectivity index (χ4n) is 3.45. The highest BCUT2D eigenvalue weighted by atomic mass is 35.7. The molecule has 2 saturated heterocycles. The summed E-state index contributed by atoms with van der Waals surface area (Å²) >= 11 is 0. The number of rotatable bonds is 3. The molecule has 144 valence electrons. The number of hydrogen-bond donors (Lipinski definition) is 0. The first kappa shape index (κ1) is 20.3. The minimum absolute atomic E-state index is 0.0268. The van der Waals surface area contributed by atoms with E-state index >= 15 is 0 Å². The first-order valence-corrected chi connectivity index (χ1v) is 11.1. The SMILES string of the molecule is CC(C)(C)OC(=O)N1CCCC(N2CC(CS(=O)(=O)Cl)CC2=O)CC1. The van der Waals surface area contributed by atoms with Crippen LogP contribution < -0.4 is 0 Å². The van der Waals surface area contributed by atoms with E-state index in [1.165, 1.54) is 0 Å². The van der Waals surface area contributed by atoms with Crippen LogP contribution in [0.3, 0.4) is 0 Å². The maximum Gasteiger partial charge on any atom is 0.410 e. The van der Waals surface area contributed by atoms with Crippen molar-refractivity contribution in [3.63, 3.8) is 0 Å². The normalized spacial score (nSPS) is 25.8. The van der Waals surface area contributed by atoms with Crippen LogP contribution in [0.4, 0.5) is 4.79 Å². The summed E-state index contributed by atoms with van der Waals surface area (Å²) in [5.41, 5.74) is -0.534. The van der Waals surface area contributed by atoms with Crippen molar-refractivity contribution >= 4 is 31.7 Å². The Bertz CT molecular complexity index is 617. The van der Waals surface area contributed by atoms with Gasteiger partial charge in [-0.25, -0.2) is 13.2 Å². The van der Waals surface area contributed by atoms with Crippen molar-refractivity contribution in [1.29, 1.82) is 0 Å². The molecule has 2 unspecified atom stereocenters. The number of halogens is 1. The Labute approximate surface area is 154 Å². The largest absolute Gasteiger partial charge is 0.444 e. The van der Waals surface area contributed by atoms with Crippen LogP contribution in [0.25, 0.3) is 0 Å². The molecule has 25 heavy (non-hydrogen) atoms. The number of carbonyl (C=O) groups is 2. The van der Waals surface area contributed by atoms with E-state index in [1.54, 1.807) is 9.80 Å². The summed E-state index contributed by atoms with van der Waals surface area (Å²) in [6.07, 6.45) is 2.15. The topological polar surface area (TPSA) is 84.0 Å². The Morgan fingerprint density at radius 3 is 2.56 bits per heavy atom. The summed E-state index contributed by atoms with van der Waals surface area (Å²) in [6, 6.07) is 0.0305. The van der Waals surface area contributed by atoms with Gasteiger partial charge in [0.15, 0.2) is 0 Å². The number of ether oxygens (including phenoxy) is 1. The van der Waals surface area contributed by atoms with E-state index in [2.05, 4.69) is 0 Å². The van der Waals surface area contributed by atoms with Gasteiger partial charge < -0.3 is 14.5 Å². The molecule has 2 aliphatic rings. The highest BCUT2D eigenvalue weighted by Gasteiger charge is 2.37. The number of carbonyl (C=O) groups excluding carboxylic acids is 2. The summed E-state index contributed by atoms with van der Waals surface area (Å²) < 4.78 is 27.9. The molecule has 0 aromatic carbocycles. The summed E-state index contributed by atoms with van der Waals surface area (Å²) in [6.45, 7) is 7.05. The molecule has 0 aromatic rings. The van der Waals surface area contributed by atoms with Gasteiger partial charge in [-0.3, -0.25) is 4.79 Å².